The van der Waals surface area contributed by atoms with Gasteiger partial charge in [-0.1, -0.05) is 56.0 Å². The topological polar surface area (TPSA) is 0 Å². The van der Waals surface area contributed by atoms with Crippen molar-refractivity contribution in [3.05, 3.63) is 35.9 Å². The van der Waals surface area contributed by atoms with Crippen LogP contribution in [0.5, 0.6) is 0 Å². The molecule has 0 aliphatic carbocycles. The Morgan fingerprint density at radius 2 is 1.33 bits per heavy atom. The molecule has 0 aliphatic rings. The van der Waals surface area contributed by atoms with Crippen LogP contribution in [0, 0.1) is 0 Å². The van der Waals surface area contributed by atoms with Gasteiger partial charge >= 0.3 is 0 Å². The molecule has 0 atom stereocenters. The number of benzene rings is 1. The van der Waals surface area contributed by atoms with Gasteiger partial charge in [-0.25, -0.2) is 0 Å². The summed E-state index contributed by atoms with van der Waals surface area (Å²) in [5.41, 5.74) is 1.47. The maximum absolute atomic E-state index is 5.62. The first-order valence-electron chi connectivity index (χ1n) is 6.03. The Labute approximate surface area is 98.7 Å². The number of alkyl halides is 1. The molecule has 0 unspecified atom stereocenters. The average molecular weight is 225 g/mol. The van der Waals surface area contributed by atoms with Gasteiger partial charge in [0.05, 0.1) is 0 Å². The molecule has 0 amide bonds. The Hall–Kier alpha value is -0.490. The lowest BCUT2D eigenvalue weighted by molar-refractivity contribution is 0.609. The molecule has 0 N–H and O–H groups in total. The highest BCUT2D eigenvalue weighted by atomic mass is 35.5. The van der Waals surface area contributed by atoms with Crippen molar-refractivity contribution < 1.29 is 0 Å². The number of aryl methyl sites for hydroxylation is 1. The highest BCUT2D eigenvalue weighted by molar-refractivity contribution is 6.17. The van der Waals surface area contributed by atoms with Gasteiger partial charge in [-0.3, -0.25) is 0 Å². The molecule has 0 heterocycles. The van der Waals surface area contributed by atoms with Crippen LogP contribution < -0.4 is 0 Å². The Morgan fingerprint density at radius 1 is 0.733 bits per heavy atom. The fourth-order valence-corrected chi connectivity index (χ4v) is 1.96. The zero-order valence-corrected chi connectivity index (χ0v) is 10.2. The second-order valence-electron chi connectivity index (χ2n) is 4.05. The normalized spacial score (nSPS) is 10.5. The number of rotatable bonds is 8. The molecular weight excluding hydrogens is 204 g/mol. The fraction of sp³-hybridized carbons (Fsp3) is 0.571. The monoisotopic (exact) mass is 224 g/mol. The SMILES string of the molecule is ClCCCCCCCCc1ccccc1. The van der Waals surface area contributed by atoms with Crippen LogP contribution in [0.15, 0.2) is 30.3 Å². The number of hydrogen-bond acceptors (Lipinski definition) is 0. The summed E-state index contributed by atoms with van der Waals surface area (Å²) in [6, 6.07) is 10.8. The molecule has 1 aromatic carbocycles. The zero-order valence-electron chi connectivity index (χ0n) is 9.42. The number of hydrogen-bond donors (Lipinski definition) is 0. The third-order valence-corrected chi connectivity index (χ3v) is 2.96. The van der Waals surface area contributed by atoms with Crippen molar-refractivity contribution in [1.29, 1.82) is 0 Å². The van der Waals surface area contributed by atoms with Crippen LogP contribution >= 0.6 is 11.6 Å². The lowest BCUT2D eigenvalue weighted by atomic mass is 10.1. The minimum atomic E-state index is 0.823. The highest BCUT2D eigenvalue weighted by Gasteiger charge is 1.93. The molecule has 1 heteroatoms. The quantitative estimate of drug-likeness (QED) is 0.439. The van der Waals surface area contributed by atoms with Crippen molar-refractivity contribution in [2.75, 3.05) is 5.88 Å². The van der Waals surface area contributed by atoms with E-state index >= 15 is 0 Å². The fourth-order valence-electron chi connectivity index (χ4n) is 1.78. The molecular formula is C14H21Cl. The minimum absolute atomic E-state index is 0.823. The van der Waals surface area contributed by atoms with E-state index < -0.39 is 0 Å². The van der Waals surface area contributed by atoms with Gasteiger partial charge in [-0.2, -0.15) is 0 Å². The summed E-state index contributed by atoms with van der Waals surface area (Å²) in [4.78, 5) is 0. The van der Waals surface area contributed by atoms with Crippen LogP contribution in [-0.4, -0.2) is 5.88 Å². The van der Waals surface area contributed by atoms with E-state index in [4.69, 9.17) is 11.6 Å². The van der Waals surface area contributed by atoms with Crippen LogP contribution in [0.1, 0.15) is 44.1 Å². The lowest BCUT2D eigenvalue weighted by Gasteiger charge is -2.01. The van der Waals surface area contributed by atoms with Crippen LogP contribution in [0.4, 0.5) is 0 Å². The van der Waals surface area contributed by atoms with Crippen molar-refractivity contribution in [2.24, 2.45) is 0 Å². The summed E-state index contributed by atoms with van der Waals surface area (Å²) in [6.45, 7) is 0. The van der Waals surface area contributed by atoms with E-state index in [1.165, 1.54) is 50.5 Å². The van der Waals surface area contributed by atoms with Gasteiger partial charge in [0.1, 0.15) is 0 Å². The van der Waals surface area contributed by atoms with Gasteiger partial charge in [0, 0.05) is 5.88 Å². The molecule has 0 radical (unpaired) electrons. The van der Waals surface area contributed by atoms with Gasteiger partial charge in [-0.15, -0.1) is 11.6 Å². The number of halogens is 1. The van der Waals surface area contributed by atoms with Crippen LogP contribution in [-0.2, 0) is 6.42 Å². The standard InChI is InChI=1S/C14H21Cl/c15-13-9-4-2-1-3-6-10-14-11-7-5-8-12-14/h5,7-8,11-12H,1-4,6,9-10,13H2. The maximum Gasteiger partial charge on any atom is 0.0223 e. The molecule has 0 fully saturated rings. The molecule has 0 saturated carbocycles. The van der Waals surface area contributed by atoms with Gasteiger partial charge in [0.25, 0.3) is 0 Å². The Balaban J connectivity index is 1.93. The van der Waals surface area contributed by atoms with Crippen LogP contribution in [0.3, 0.4) is 0 Å². The molecule has 15 heavy (non-hydrogen) atoms. The molecule has 1 rings (SSSR count). The third kappa shape index (κ3) is 6.57. The van der Waals surface area contributed by atoms with Crippen molar-refractivity contribution in [1.82, 2.24) is 0 Å². The molecule has 0 bridgehead atoms. The summed E-state index contributed by atoms with van der Waals surface area (Å²) in [6.07, 6.45) is 9.11. The van der Waals surface area contributed by atoms with Crippen molar-refractivity contribution in [3.63, 3.8) is 0 Å². The van der Waals surface area contributed by atoms with Gasteiger partial charge in [-0.05, 0) is 24.8 Å². The summed E-state index contributed by atoms with van der Waals surface area (Å²) in [5, 5.41) is 0. The third-order valence-electron chi connectivity index (χ3n) is 2.69. The minimum Gasteiger partial charge on any atom is -0.127 e. The molecule has 0 nitrogen and oxygen atoms in total. The predicted octanol–water partition coefficient (Wildman–Crippen LogP) is 4.81. The average Bonchev–Trinajstić information content (AvgIpc) is 2.29. The van der Waals surface area contributed by atoms with E-state index in [-0.39, 0.29) is 0 Å². The van der Waals surface area contributed by atoms with E-state index in [1.54, 1.807) is 0 Å². The Bertz CT molecular complexity index is 230. The molecule has 0 aliphatic heterocycles. The zero-order chi connectivity index (χ0) is 10.8. The first kappa shape index (κ1) is 12.6. The maximum atomic E-state index is 5.62. The van der Waals surface area contributed by atoms with Crippen molar-refractivity contribution in [2.45, 2.75) is 44.9 Å². The van der Waals surface area contributed by atoms with Gasteiger partial charge in [0.15, 0.2) is 0 Å². The van der Waals surface area contributed by atoms with E-state index in [0.717, 1.165) is 5.88 Å². The van der Waals surface area contributed by atoms with Crippen LogP contribution in [0.25, 0.3) is 0 Å². The summed E-state index contributed by atoms with van der Waals surface area (Å²) in [7, 11) is 0. The van der Waals surface area contributed by atoms with E-state index in [9.17, 15) is 0 Å². The lowest BCUT2D eigenvalue weighted by Crippen LogP contribution is -1.85. The van der Waals surface area contributed by atoms with Crippen molar-refractivity contribution in [3.8, 4) is 0 Å². The Morgan fingerprint density at radius 3 is 2.00 bits per heavy atom. The van der Waals surface area contributed by atoms with Gasteiger partial charge in [0.2, 0.25) is 0 Å². The first-order chi connectivity index (χ1) is 7.43. The van der Waals surface area contributed by atoms with E-state index in [1.807, 2.05) is 0 Å². The number of unbranched alkanes of at least 4 members (excludes halogenated alkanes) is 5. The van der Waals surface area contributed by atoms with Crippen LogP contribution in [0.2, 0.25) is 0 Å². The molecule has 1 aromatic rings. The molecule has 0 aromatic heterocycles. The van der Waals surface area contributed by atoms with E-state index in [0.29, 0.717) is 0 Å². The molecule has 0 saturated heterocycles. The van der Waals surface area contributed by atoms with Gasteiger partial charge < -0.3 is 0 Å². The second kappa shape index (κ2) is 8.79. The Kier molecular flexibility index (Phi) is 7.37. The summed E-state index contributed by atoms with van der Waals surface area (Å²) in [5.74, 6) is 0.823. The molecule has 0 spiro atoms. The summed E-state index contributed by atoms with van der Waals surface area (Å²) >= 11 is 5.62. The predicted molar refractivity (Wildman–Crippen MR) is 68.6 cm³/mol. The second-order valence-corrected chi connectivity index (χ2v) is 4.42. The summed E-state index contributed by atoms with van der Waals surface area (Å²) < 4.78 is 0. The largest absolute Gasteiger partial charge is 0.127 e. The molecule has 84 valence electrons. The highest BCUT2D eigenvalue weighted by Crippen LogP contribution is 2.09. The van der Waals surface area contributed by atoms with E-state index in [2.05, 4.69) is 30.3 Å². The van der Waals surface area contributed by atoms with Crippen molar-refractivity contribution >= 4 is 11.6 Å². The smallest absolute Gasteiger partial charge is 0.0223 e. The first-order valence-corrected chi connectivity index (χ1v) is 6.57.